The van der Waals surface area contributed by atoms with Crippen LogP contribution in [0.2, 0.25) is 0 Å². The summed E-state index contributed by atoms with van der Waals surface area (Å²) in [6, 6.07) is 6.73. The topological polar surface area (TPSA) is 82.6 Å². The second kappa shape index (κ2) is 13.3. The molecule has 0 radical (unpaired) electrons. The molecular weight excluding hydrogens is 402 g/mol. The smallest absolute Gasteiger partial charge is 0.302 e. The Kier molecular flexibility index (Phi) is 11.5. The zero-order valence-corrected chi connectivity index (χ0v) is 17.7. The summed E-state index contributed by atoms with van der Waals surface area (Å²) in [5.74, 6) is -0.0580. The summed E-state index contributed by atoms with van der Waals surface area (Å²) >= 11 is 15.8. The second-order valence-electron chi connectivity index (χ2n) is 5.70. The van der Waals surface area contributed by atoms with Crippen LogP contribution in [0.25, 0.3) is 0 Å². The Bertz CT molecular complexity index is 651. The molecule has 0 atom stereocenters. The van der Waals surface area contributed by atoms with Gasteiger partial charge in [0, 0.05) is 45.0 Å². The van der Waals surface area contributed by atoms with Crippen LogP contribution in [-0.2, 0) is 9.53 Å². The summed E-state index contributed by atoms with van der Waals surface area (Å²) in [5, 5.41) is 18.7. The Hall–Kier alpha value is -1.84. The molecule has 1 aromatic carbocycles. The molecule has 1 rings (SSSR count). The number of phenols is 1. The van der Waals surface area contributed by atoms with E-state index in [-0.39, 0.29) is 11.7 Å². The maximum atomic E-state index is 10.6. The van der Waals surface area contributed by atoms with Crippen LogP contribution in [0.15, 0.2) is 24.3 Å². The molecule has 6 nitrogen and oxygen atoms in total. The number of thiocarbonyl (C=S) groups is 3. The Morgan fingerprint density at radius 3 is 2.11 bits per heavy atom. The number of aromatic hydroxyl groups is 1. The minimum atomic E-state index is -0.270. The molecule has 0 unspecified atom stereocenters. The van der Waals surface area contributed by atoms with Gasteiger partial charge in [-0.15, -0.1) is 0 Å². The van der Waals surface area contributed by atoms with Crippen molar-refractivity contribution < 1.29 is 14.6 Å². The third kappa shape index (κ3) is 11.5. The van der Waals surface area contributed by atoms with Crippen molar-refractivity contribution in [2.24, 2.45) is 0 Å². The van der Waals surface area contributed by atoms with E-state index in [2.05, 4.69) is 16.0 Å². The van der Waals surface area contributed by atoms with Crippen LogP contribution in [0, 0.1) is 0 Å². The van der Waals surface area contributed by atoms with E-state index < -0.39 is 0 Å². The predicted octanol–water partition coefficient (Wildman–Crippen LogP) is 2.22. The van der Waals surface area contributed by atoms with Crippen LogP contribution in [0.5, 0.6) is 5.75 Å². The lowest BCUT2D eigenvalue weighted by Gasteiger charge is -2.12. The van der Waals surface area contributed by atoms with E-state index in [1.165, 1.54) is 6.92 Å². The molecule has 148 valence electrons. The van der Waals surface area contributed by atoms with Crippen molar-refractivity contribution in [3.8, 4) is 5.75 Å². The van der Waals surface area contributed by atoms with Gasteiger partial charge in [0.15, 0.2) is 0 Å². The first-order valence-electron chi connectivity index (χ1n) is 8.62. The number of hydrogen-bond donors (Lipinski definition) is 4. The maximum absolute atomic E-state index is 10.6. The highest BCUT2D eigenvalue weighted by Crippen LogP contribution is 2.09. The maximum Gasteiger partial charge on any atom is 0.302 e. The standard InChI is InChI=1S/C18H25N3O3S3/c1-13(22)24-12-2-9-19-16(25)7-10-20-17(26)8-11-21-18(27)14-3-5-15(23)6-4-14/h3-6,23H,2,7-12H2,1H3,(H,19,25)(H,20,26)(H,21,27). The lowest BCUT2D eigenvalue weighted by molar-refractivity contribution is -0.140. The molecule has 9 heteroatoms. The minimum absolute atomic E-state index is 0.212. The van der Waals surface area contributed by atoms with Gasteiger partial charge in [0.25, 0.3) is 0 Å². The number of nitrogens with one attached hydrogen (secondary N) is 3. The molecule has 1 aromatic rings. The van der Waals surface area contributed by atoms with Crippen LogP contribution in [0.3, 0.4) is 0 Å². The van der Waals surface area contributed by atoms with Crippen molar-refractivity contribution in [1.82, 2.24) is 16.0 Å². The first-order valence-corrected chi connectivity index (χ1v) is 9.85. The van der Waals surface area contributed by atoms with Gasteiger partial charge in [-0.1, -0.05) is 36.7 Å². The SMILES string of the molecule is CC(=O)OCCCNC(=S)CCNC(=S)CCNC(=S)c1ccc(O)cc1. The zero-order chi connectivity index (χ0) is 20.1. The number of rotatable bonds is 11. The van der Waals surface area contributed by atoms with Gasteiger partial charge in [0.2, 0.25) is 0 Å². The average molecular weight is 428 g/mol. The molecule has 0 aliphatic carbocycles. The van der Waals surface area contributed by atoms with E-state index in [0.717, 1.165) is 22.0 Å². The Morgan fingerprint density at radius 1 is 0.963 bits per heavy atom. The van der Waals surface area contributed by atoms with Crippen LogP contribution < -0.4 is 16.0 Å². The van der Waals surface area contributed by atoms with Gasteiger partial charge in [0.1, 0.15) is 10.7 Å². The van der Waals surface area contributed by atoms with Crippen molar-refractivity contribution in [1.29, 1.82) is 0 Å². The van der Waals surface area contributed by atoms with Crippen LogP contribution in [0.4, 0.5) is 0 Å². The number of ether oxygens (including phenoxy) is 1. The van der Waals surface area contributed by atoms with Crippen molar-refractivity contribution in [2.45, 2.75) is 26.2 Å². The zero-order valence-electron chi connectivity index (χ0n) is 15.2. The van der Waals surface area contributed by atoms with Crippen LogP contribution >= 0.6 is 36.7 Å². The number of benzene rings is 1. The number of carbonyl (C=O) groups excluding carboxylic acids is 1. The monoisotopic (exact) mass is 427 g/mol. The largest absolute Gasteiger partial charge is 0.508 e. The number of esters is 1. The average Bonchev–Trinajstić information content (AvgIpc) is 2.61. The van der Waals surface area contributed by atoms with Gasteiger partial charge in [-0.2, -0.15) is 0 Å². The van der Waals surface area contributed by atoms with E-state index in [1.807, 2.05) is 0 Å². The summed E-state index contributed by atoms with van der Waals surface area (Å²) in [5.41, 5.74) is 0.854. The number of carbonyl (C=O) groups is 1. The molecule has 0 aromatic heterocycles. The molecule has 0 spiro atoms. The molecule has 27 heavy (non-hydrogen) atoms. The van der Waals surface area contributed by atoms with Gasteiger partial charge in [-0.05, 0) is 30.7 Å². The number of phenolic OH excluding ortho intramolecular Hbond substituents is 1. The van der Waals surface area contributed by atoms with Crippen molar-refractivity contribution >= 4 is 57.6 Å². The second-order valence-corrected chi connectivity index (χ2v) is 7.09. The molecular formula is C18H25N3O3S3. The van der Waals surface area contributed by atoms with Gasteiger partial charge >= 0.3 is 5.97 Å². The lowest BCUT2D eigenvalue weighted by atomic mass is 10.2. The Labute approximate surface area is 176 Å². The highest BCUT2D eigenvalue weighted by atomic mass is 32.1. The highest BCUT2D eigenvalue weighted by molar-refractivity contribution is 7.81. The Morgan fingerprint density at radius 2 is 1.52 bits per heavy atom. The normalized spacial score (nSPS) is 9.96. The van der Waals surface area contributed by atoms with Crippen LogP contribution in [0.1, 0.15) is 31.7 Å². The fraction of sp³-hybridized carbons (Fsp3) is 0.444. The molecule has 0 fully saturated rings. The molecule has 0 amide bonds. The van der Waals surface area contributed by atoms with Gasteiger partial charge in [-0.3, -0.25) is 4.79 Å². The first-order chi connectivity index (χ1) is 12.9. The van der Waals surface area contributed by atoms with E-state index in [9.17, 15) is 9.90 Å². The van der Waals surface area contributed by atoms with Crippen molar-refractivity contribution in [3.05, 3.63) is 29.8 Å². The molecule has 0 bridgehead atoms. The molecule has 0 saturated heterocycles. The van der Waals surface area contributed by atoms with Crippen molar-refractivity contribution in [3.63, 3.8) is 0 Å². The third-order valence-corrected chi connectivity index (χ3v) is 4.47. The van der Waals surface area contributed by atoms with Crippen LogP contribution in [-0.4, -0.2) is 52.3 Å². The fourth-order valence-corrected chi connectivity index (χ4v) is 2.66. The Balaban J connectivity index is 2.06. The quantitative estimate of drug-likeness (QED) is 0.241. The summed E-state index contributed by atoms with van der Waals surface area (Å²) < 4.78 is 4.85. The molecule has 0 heterocycles. The predicted molar refractivity (Wildman–Crippen MR) is 119 cm³/mol. The molecule has 0 aliphatic rings. The minimum Gasteiger partial charge on any atom is -0.508 e. The summed E-state index contributed by atoms with van der Waals surface area (Å²) in [7, 11) is 0. The number of hydrogen-bond acceptors (Lipinski definition) is 6. The molecule has 0 saturated carbocycles. The third-order valence-electron chi connectivity index (χ3n) is 3.39. The molecule has 4 N–H and O–H groups in total. The van der Waals surface area contributed by atoms with Gasteiger partial charge < -0.3 is 25.8 Å². The first kappa shape index (κ1) is 23.2. The van der Waals surface area contributed by atoms with E-state index in [4.69, 9.17) is 41.4 Å². The highest BCUT2D eigenvalue weighted by Gasteiger charge is 2.03. The van der Waals surface area contributed by atoms with E-state index in [1.54, 1.807) is 24.3 Å². The molecule has 0 aliphatic heterocycles. The van der Waals surface area contributed by atoms with Gasteiger partial charge in [0.05, 0.1) is 16.6 Å². The fourth-order valence-electron chi connectivity index (χ4n) is 2.01. The lowest BCUT2D eigenvalue weighted by Crippen LogP contribution is -2.32. The summed E-state index contributed by atoms with van der Waals surface area (Å²) in [4.78, 5) is 12.7. The van der Waals surface area contributed by atoms with Crippen molar-refractivity contribution in [2.75, 3.05) is 26.2 Å². The summed E-state index contributed by atoms with van der Waals surface area (Å²) in [6.07, 6.45) is 2.07. The van der Waals surface area contributed by atoms with Gasteiger partial charge in [-0.25, -0.2) is 0 Å². The van der Waals surface area contributed by atoms with E-state index >= 15 is 0 Å². The van der Waals surface area contributed by atoms with E-state index in [0.29, 0.717) is 44.1 Å². The summed E-state index contributed by atoms with van der Waals surface area (Å²) in [6.45, 7) is 3.76.